The van der Waals surface area contributed by atoms with E-state index >= 15 is 0 Å². The lowest BCUT2D eigenvalue weighted by Crippen LogP contribution is -2.44. The third-order valence-electron chi connectivity index (χ3n) is 5.82. The average Bonchev–Trinajstić information content (AvgIpc) is 3.23. The van der Waals surface area contributed by atoms with Gasteiger partial charge in [0.15, 0.2) is 11.7 Å². The van der Waals surface area contributed by atoms with E-state index in [0.29, 0.717) is 24.4 Å². The quantitative estimate of drug-likeness (QED) is 0.312. The second-order valence-corrected chi connectivity index (χ2v) is 8.28. The van der Waals surface area contributed by atoms with Crippen molar-refractivity contribution in [2.75, 3.05) is 34.3 Å². The number of nitrogens with zero attached hydrogens (tertiary/aromatic N) is 3. The summed E-state index contributed by atoms with van der Waals surface area (Å²) in [6.45, 7) is 6.75. The minimum atomic E-state index is 0. The highest BCUT2D eigenvalue weighted by atomic mass is 127. The minimum Gasteiger partial charge on any atom is -0.497 e. The summed E-state index contributed by atoms with van der Waals surface area (Å²) in [5, 5.41) is 11.0. The third-order valence-corrected chi connectivity index (χ3v) is 5.82. The SMILES string of the molecule is CN=C(NCc1cc(C(C)C)no1)NCC1CCCN(C)C1c1ccc(OC)cc1.I. The number of hydrogen-bond donors (Lipinski definition) is 2. The normalized spacial score (nSPS) is 19.7. The van der Waals surface area contributed by atoms with Crippen LogP contribution < -0.4 is 15.4 Å². The molecule has 1 aromatic carbocycles. The van der Waals surface area contributed by atoms with Gasteiger partial charge in [-0.1, -0.05) is 31.1 Å². The molecule has 3 rings (SSSR count). The van der Waals surface area contributed by atoms with Crippen molar-refractivity contribution in [2.45, 2.75) is 45.2 Å². The standard InChI is InChI=1S/C23H35N5O2.HI/c1-16(2)21-13-20(30-27-21)15-26-23(24-3)25-14-18-7-6-12-28(4)22(18)17-8-10-19(29-5)11-9-17;/h8-11,13,16,18,22H,6-7,12,14-15H2,1-5H3,(H2,24,25,26);1H. The first-order valence-electron chi connectivity index (χ1n) is 10.8. The zero-order valence-electron chi connectivity index (χ0n) is 19.2. The van der Waals surface area contributed by atoms with E-state index in [1.807, 2.05) is 18.2 Å². The molecule has 31 heavy (non-hydrogen) atoms. The summed E-state index contributed by atoms with van der Waals surface area (Å²) < 4.78 is 10.7. The zero-order chi connectivity index (χ0) is 21.5. The van der Waals surface area contributed by atoms with E-state index in [-0.39, 0.29) is 24.0 Å². The Morgan fingerprint density at radius 1 is 1.29 bits per heavy atom. The predicted octanol–water partition coefficient (Wildman–Crippen LogP) is 4.17. The Morgan fingerprint density at radius 2 is 2.03 bits per heavy atom. The van der Waals surface area contributed by atoms with Crippen molar-refractivity contribution < 1.29 is 9.26 Å². The van der Waals surface area contributed by atoms with Gasteiger partial charge in [0.25, 0.3) is 0 Å². The Bertz CT molecular complexity index is 822. The van der Waals surface area contributed by atoms with Crippen molar-refractivity contribution in [3.05, 3.63) is 47.3 Å². The molecule has 2 heterocycles. The largest absolute Gasteiger partial charge is 0.497 e. The minimum absolute atomic E-state index is 0. The summed E-state index contributed by atoms with van der Waals surface area (Å²) in [5.74, 6) is 3.34. The molecule has 2 aromatic rings. The van der Waals surface area contributed by atoms with Crippen LogP contribution in [0, 0.1) is 5.92 Å². The summed E-state index contributed by atoms with van der Waals surface area (Å²) in [7, 11) is 5.71. The fraction of sp³-hybridized carbons (Fsp3) is 0.565. The molecule has 2 unspecified atom stereocenters. The number of benzene rings is 1. The molecule has 1 fully saturated rings. The van der Waals surface area contributed by atoms with E-state index < -0.39 is 0 Å². The van der Waals surface area contributed by atoms with Crippen LogP contribution in [-0.4, -0.2) is 50.3 Å². The van der Waals surface area contributed by atoms with Crippen LogP contribution in [0.15, 0.2) is 39.8 Å². The summed E-state index contributed by atoms with van der Waals surface area (Å²) in [6.07, 6.45) is 2.39. The van der Waals surface area contributed by atoms with E-state index in [0.717, 1.165) is 36.3 Å². The van der Waals surface area contributed by atoms with Crippen LogP contribution in [0.4, 0.5) is 0 Å². The molecule has 1 aliphatic heterocycles. The van der Waals surface area contributed by atoms with Crippen molar-refractivity contribution in [2.24, 2.45) is 10.9 Å². The number of piperidine rings is 1. The van der Waals surface area contributed by atoms with Crippen LogP contribution in [0.2, 0.25) is 0 Å². The van der Waals surface area contributed by atoms with Crippen LogP contribution in [0.3, 0.4) is 0 Å². The topological polar surface area (TPSA) is 74.9 Å². The van der Waals surface area contributed by atoms with Gasteiger partial charge < -0.3 is 19.9 Å². The van der Waals surface area contributed by atoms with Gasteiger partial charge in [0.2, 0.25) is 0 Å². The van der Waals surface area contributed by atoms with Crippen LogP contribution in [0.25, 0.3) is 0 Å². The fourth-order valence-electron chi connectivity index (χ4n) is 4.10. The van der Waals surface area contributed by atoms with Gasteiger partial charge in [-0.3, -0.25) is 9.89 Å². The maximum atomic E-state index is 5.41. The van der Waals surface area contributed by atoms with Gasteiger partial charge in [0.1, 0.15) is 5.75 Å². The molecule has 8 heteroatoms. The monoisotopic (exact) mass is 541 g/mol. The van der Waals surface area contributed by atoms with Gasteiger partial charge in [-0.05, 0) is 56.0 Å². The van der Waals surface area contributed by atoms with E-state index in [4.69, 9.17) is 9.26 Å². The summed E-state index contributed by atoms with van der Waals surface area (Å²) >= 11 is 0. The van der Waals surface area contributed by atoms with Crippen molar-refractivity contribution in [1.29, 1.82) is 0 Å². The van der Waals surface area contributed by atoms with Gasteiger partial charge in [0, 0.05) is 25.7 Å². The number of methoxy groups -OCH3 is 1. The van der Waals surface area contributed by atoms with Crippen LogP contribution in [-0.2, 0) is 6.54 Å². The number of ether oxygens (including phenoxy) is 1. The molecule has 172 valence electrons. The Balaban J connectivity index is 0.00000341. The third kappa shape index (κ3) is 6.83. The van der Waals surface area contributed by atoms with Crippen molar-refractivity contribution in [3.63, 3.8) is 0 Å². The van der Waals surface area contributed by atoms with Crippen molar-refractivity contribution >= 4 is 29.9 Å². The number of hydrogen-bond acceptors (Lipinski definition) is 5. The lowest BCUT2D eigenvalue weighted by molar-refractivity contribution is 0.122. The predicted molar refractivity (Wildman–Crippen MR) is 135 cm³/mol. The van der Waals surface area contributed by atoms with Crippen molar-refractivity contribution in [3.8, 4) is 5.75 Å². The average molecular weight is 541 g/mol. The maximum Gasteiger partial charge on any atom is 0.191 e. The van der Waals surface area contributed by atoms with Gasteiger partial charge >= 0.3 is 0 Å². The number of rotatable bonds is 7. The van der Waals surface area contributed by atoms with Crippen LogP contribution in [0.1, 0.15) is 55.7 Å². The molecule has 0 spiro atoms. The second kappa shape index (κ2) is 12.3. The Labute approximate surface area is 203 Å². The second-order valence-electron chi connectivity index (χ2n) is 8.28. The van der Waals surface area contributed by atoms with Crippen LogP contribution in [0.5, 0.6) is 5.75 Å². The van der Waals surface area contributed by atoms with E-state index in [9.17, 15) is 0 Å². The molecule has 0 aliphatic carbocycles. The molecule has 7 nitrogen and oxygen atoms in total. The molecule has 2 atom stereocenters. The molecule has 2 N–H and O–H groups in total. The highest BCUT2D eigenvalue weighted by Crippen LogP contribution is 2.35. The lowest BCUT2D eigenvalue weighted by atomic mass is 9.85. The number of nitrogens with one attached hydrogen (secondary N) is 2. The Kier molecular flexibility index (Phi) is 10.1. The summed E-state index contributed by atoms with van der Waals surface area (Å²) in [6, 6.07) is 10.8. The lowest BCUT2D eigenvalue weighted by Gasteiger charge is -2.40. The first-order valence-corrected chi connectivity index (χ1v) is 10.8. The Hall–Kier alpha value is -1.81. The van der Waals surface area contributed by atoms with Gasteiger partial charge in [-0.25, -0.2) is 0 Å². The zero-order valence-corrected chi connectivity index (χ0v) is 21.6. The first kappa shape index (κ1) is 25.5. The van der Waals surface area contributed by atoms with Crippen molar-refractivity contribution in [1.82, 2.24) is 20.7 Å². The molecule has 1 aromatic heterocycles. The molecule has 1 aliphatic rings. The molecule has 1 saturated heterocycles. The fourth-order valence-corrected chi connectivity index (χ4v) is 4.10. The molecular formula is C23H36IN5O2. The molecular weight excluding hydrogens is 505 g/mol. The van der Waals surface area contributed by atoms with E-state index in [1.165, 1.54) is 18.4 Å². The molecule has 0 radical (unpaired) electrons. The van der Waals surface area contributed by atoms with Gasteiger partial charge in [-0.2, -0.15) is 0 Å². The summed E-state index contributed by atoms with van der Waals surface area (Å²) in [4.78, 5) is 6.83. The number of aromatic nitrogens is 1. The first-order chi connectivity index (χ1) is 14.5. The van der Waals surface area contributed by atoms with Gasteiger partial charge in [-0.15, -0.1) is 24.0 Å². The smallest absolute Gasteiger partial charge is 0.191 e. The number of likely N-dealkylation sites (tertiary alicyclic amines) is 1. The van der Waals surface area contributed by atoms with Gasteiger partial charge in [0.05, 0.1) is 19.3 Å². The number of halogens is 1. The van der Waals surface area contributed by atoms with Crippen LogP contribution >= 0.6 is 24.0 Å². The molecule has 0 saturated carbocycles. The number of aliphatic imine (C=N–C) groups is 1. The molecule has 0 bridgehead atoms. The van der Waals surface area contributed by atoms with E-state index in [2.05, 4.69) is 58.7 Å². The Morgan fingerprint density at radius 3 is 2.65 bits per heavy atom. The number of guanidine groups is 1. The van der Waals surface area contributed by atoms with E-state index in [1.54, 1.807) is 14.2 Å². The maximum absolute atomic E-state index is 5.41. The molecule has 0 amide bonds. The highest BCUT2D eigenvalue weighted by Gasteiger charge is 2.30. The summed E-state index contributed by atoms with van der Waals surface area (Å²) in [5.41, 5.74) is 2.30. The highest BCUT2D eigenvalue weighted by molar-refractivity contribution is 14.0.